The van der Waals surface area contributed by atoms with Crippen LogP contribution in [0.1, 0.15) is 40.5 Å². The average Bonchev–Trinajstić information content (AvgIpc) is 2.20. The van der Waals surface area contributed by atoms with E-state index < -0.39 is 5.60 Å². The Hall–Kier alpha value is -0.630. The fourth-order valence-corrected chi connectivity index (χ4v) is 5.00. The van der Waals surface area contributed by atoms with Crippen molar-refractivity contribution >= 4 is 5.78 Å². The summed E-state index contributed by atoms with van der Waals surface area (Å²) in [7, 11) is 0. The molecule has 17 heavy (non-hydrogen) atoms. The van der Waals surface area contributed by atoms with Crippen molar-refractivity contribution in [3.05, 3.63) is 11.6 Å². The van der Waals surface area contributed by atoms with E-state index in [1.165, 1.54) is 5.57 Å². The summed E-state index contributed by atoms with van der Waals surface area (Å²) in [5.74, 6) is 1.19. The number of aliphatic hydroxyl groups is 1. The molecule has 0 radical (unpaired) electrons. The molecule has 1 unspecified atom stereocenters. The van der Waals surface area contributed by atoms with Gasteiger partial charge in [0.05, 0.1) is 5.60 Å². The second kappa shape index (κ2) is 3.03. The van der Waals surface area contributed by atoms with E-state index >= 15 is 0 Å². The van der Waals surface area contributed by atoms with Gasteiger partial charge in [-0.05, 0) is 43.1 Å². The summed E-state index contributed by atoms with van der Waals surface area (Å²) in [6.07, 6.45) is 3.67. The first-order valence-electron chi connectivity index (χ1n) is 6.77. The van der Waals surface area contributed by atoms with Crippen LogP contribution in [0.15, 0.2) is 11.6 Å². The van der Waals surface area contributed by atoms with Gasteiger partial charge in [0.25, 0.3) is 0 Å². The first-order chi connectivity index (χ1) is 7.82. The molecule has 2 saturated carbocycles. The van der Waals surface area contributed by atoms with Crippen LogP contribution in [0.2, 0.25) is 0 Å². The van der Waals surface area contributed by atoms with Crippen LogP contribution in [0, 0.1) is 29.1 Å². The lowest BCUT2D eigenvalue weighted by Gasteiger charge is -2.71. The van der Waals surface area contributed by atoms with Crippen molar-refractivity contribution in [3.63, 3.8) is 0 Å². The van der Waals surface area contributed by atoms with Crippen LogP contribution < -0.4 is 0 Å². The molecular weight excluding hydrogens is 212 g/mol. The Morgan fingerprint density at radius 2 is 2.00 bits per heavy atom. The fraction of sp³-hybridized carbons (Fsp3) is 0.800. The standard InChI is InChI=1S/C15H22O2/c1-8(2)15(17)6-5-14(4)11-9(3)7-10(16)12(14)13(11)15/h7-8,11-13,17H,5-6H2,1-4H3/t11?,12-,13-,14-,15+/m0/s1. The van der Waals surface area contributed by atoms with E-state index in [0.717, 1.165) is 12.8 Å². The summed E-state index contributed by atoms with van der Waals surface area (Å²) in [5, 5.41) is 10.9. The molecule has 94 valence electrons. The summed E-state index contributed by atoms with van der Waals surface area (Å²) in [4.78, 5) is 12.2. The third kappa shape index (κ3) is 1.08. The topological polar surface area (TPSA) is 37.3 Å². The molecule has 2 nitrogen and oxygen atoms in total. The van der Waals surface area contributed by atoms with Crippen molar-refractivity contribution in [1.29, 1.82) is 0 Å². The predicted molar refractivity (Wildman–Crippen MR) is 66.4 cm³/mol. The number of rotatable bonds is 1. The maximum atomic E-state index is 12.2. The Kier molecular flexibility index (Phi) is 2.04. The highest BCUT2D eigenvalue weighted by Crippen LogP contribution is 2.71. The normalized spacial score (nSPS) is 52.2. The number of carbonyl (C=O) groups is 1. The Balaban J connectivity index is 2.09. The largest absolute Gasteiger partial charge is 0.389 e. The van der Waals surface area contributed by atoms with Gasteiger partial charge in [-0.2, -0.15) is 0 Å². The van der Waals surface area contributed by atoms with Crippen molar-refractivity contribution in [2.75, 3.05) is 0 Å². The maximum Gasteiger partial charge on any atom is 0.159 e. The lowest BCUT2D eigenvalue weighted by molar-refractivity contribution is -0.251. The molecule has 0 heterocycles. The molecule has 4 aliphatic carbocycles. The van der Waals surface area contributed by atoms with Crippen LogP contribution in [0.25, 0.3) is 0 Å². The minimum absolute atomic E-state index is 0.0809. The first-order valence-corrected chi connectivity index (χ1v) is 6.77. The van der Waals surface area contributed by atoms with Gasteiger partial charge in [-0.3, -0.25) is 4.79 Å². The Bertz CT molecular complexity index is 423. The number of allylic oxidation sites excluding steroid dienone is 2. The molecule has 0 spiro atoms. The molecule has 2 heteroatoms. The van der Waals surface area contributed by atoms with Crippen molar-refractivity contribution in [2.45, 2.75) is 46.1 Å². The second-order valence-corrected chi connectivity index (χ2v) is 6.92. The lowest BCUT2D eigenvalue weighted by atomic mass is 9.33. The van der Waals surface area contributed by atoms with Crippen LogP contribution in [-0.2, 0) is 4.79 Å². The molecule has 4 rings (SSSR count). The quantitative estimate of drug-likeness (QED) is 0.757. The molecule has 0 aliphatic heterocycles. The SMILES string of the molecule is CC1=CC(=O)[C@H]2[C@@H]3C1[C@]2(C)CC[C@@]3(O)C(C)C. The third-order valence-corrected chi connectivity index (χ3v) is 5.95. The molecule has 1 N–H and O–H groups in total. The number of hydrogen-bond acceptors (Lipinski definition) is 2. The zero-order valence-electron chi connectivity index (χ0n) is 11.2. The summed E-state index contributed by atoms with van der Waals surface area (Å²) in [6, 6.07) is 0. The molecule has 4 aliphatic rings. The molecule has 0 aromatic carbocycles. The summed E-state index contributed by atoms with van der Waals surface area (Å²) < 4.78 is 0. The molecule has 0 aromatic rings. The van der Waals surface area contributed by atoms with E-state index in [4.69, 9.17) is 0 Å². The number of hydrogen-bond donors (Lipinski definition) is 1. The molecular formula is C15H22O2. The van der Waals surface area contributed by atoms with Gasteiger partial charge >= 0.3 is 0 Å². The van der Waals surface area contributed by atoms with Crippen LogP contribution in [-0.4, -0.2) is 16.5 Å². The number of fused-ring (bicyclic) bond motifs is 1. The van der Waals surface area contributed by atoms with E-state index in [-0.39, 0.29) is 29.0 Å². The zero-order valence-corrected chi connectivity index (χ0v) is 11.2. The average molecular weight is 234 g/mol. The van der Waals surface area contributed by atoms with E-state index in [0.29, 0.717) is 5.92 Å². The minimum Gasteiger partial charge on any atom is -0.389 e. The molecule has 0 aromatic heterocycles. The van der Waals surface area contributed by atoms with E-state index in [1.807, 2.05) is 6.08 Å². The van der Waals surface area contributed by atoms with Crippen LogP contribution in [0.3, 0.4) is 0 Å². The Morgan fingerprint density at radius 1 is 1.35 bits per heavy atom. The first kappa shape index (κ1) is 11.5. The molecule has 4 bridgehead atoms. The lowest BCUT2D eigenvalue weighted by Crippen LogP contribution is -2.73. The summed E-state index contributed by atoms with van der Waals surface area (Å²) in [5.41, 5.74) is 0.712. The van der Waals surface area contributed by atoms with Crippen LogP contribution in [0.4, 0.5) is 0 Å². The highest BCUT2D eigenvalue weighted by molar-refractivity contribution is 5.96. The van der Waals surface area contributed by atoms with Gasteiger partial charge in [-0.25, -0.2) is 0 Å². The fourth-order valence-electron chi connectivity index (χ4n) is 5.00. The van der Waals surface area contributed by atoms with Crippen molar-refractivity contribution in [3.8, 4) is 0 Å². The second-order valence-electron chi connectivity index (χ2n) is 6.92. The predicted octanol–water partition coefficient (Wildman–Crippen LogP) is 2.56. The van der Waals surface area contributed by atoms with E-state index in [1.54, 1.807) is 0 Å². The van der Waals surface area contributed by atoms with Crippen molar-refractivity contribution in [1.82, 2.24) is 0 Å². The molecule has 0 saturated heterocycles. The van der Waals surface area contributed by atoms with Crippen LogP contribution >= 0.6 is 0 Å². The van der Waals surface area contributed by atoms with Gasteiger partial charge in [0.2, 0.25) is 0 Å². The van der Waals surface area contributed by atoms with Crippen molar-refractivity contribution < 1.29 is 9.90 Å². The molecule has 2 fully saturated rings. The number of ketones is 1. The minimum atomic E-state index is -0.627. The third-order valence-electron chi connectivity index (χ3n) is 5.95. The summed E-state index contributed by atoms with van der Waals surface area (Å²) in [6.45, 7) is 8.48. The molecule has 5 atom stereocenters. The van der Waals surface area contributed by atoms with Gasteiger partial charge < -0.3 is 5.11 Å². The highest BCUT2D eigenvalue weighted by atomic mass is 16.3. The summed E-state index contributed by atoms with van der Waals surface area (Å²) >= 11 is 0. The van der Waals surface area contributed by atoms with E-state index in [2.05, 4.69) is 27.7 Å². The molecule has 0 amide bonds. The monoisotopic (exact) mass is 234 g/mol. The van der Waals surface area contributed by atoms with Gasteiger partial charge in [-0.15, -0.1) is 0 Å². The smallest absolute Gasteiger partial charge is 0.159 e. The number of carbonyl (C=O) groups excluding carboxylic acids is 1. The zero-order chi connectivity index (χ0) is 12.6. The Morgan fingerprint density at radius 3 is 2.53 bits per heavy atom. The Labute approximate surface area is 103 Å². The van der Waals surface area contributed by atoms with Crippen LogP contribution in [0.5, 0.6) is 0 Å². The van der Waals surface area contributed by atoms with Gasteiger partial charge in [0.1, 0.15) is 0 Å². The van der Waals surface area contributed by atoms with Gasteiger partial charge in [-0.1, -0.05) is 26.3 Å². The van der Waals surface area contributed by atoms with Gasteiger partial charge in [0, 0.05) is 11.8 Å². The van der Waals surface area contributed by atoms with Crippen molar-refractivity contribution in [2.24, 2.45) is 29.1 Å². The highest BCUT2D eigenvalue weighted by Gasteiger charge is 2.72. The maximum absolute atomic E-state index is 12.2. The van der Waals surface area contributed by atoms with Gasteiger partial charge in [0.15, 0.2) is 5.78 Å². The van der Waals surface area contributed by atoms with E-state index in [9.17, 15) is 9.90 Å².